The lowest BCUT2D eigenvalue weighted by atomic mass is 9.96. The summed E-state index contributed by atoms with van der Waals surface area (Å²) in [5.41, 5.74) is 3.87. The fourth-order valence-corrected chi connectivity index (χ4v) is 3.52. The van der Waals surface area contributed by atoms with Crippen LogP contribution >= 0.6 is 0 Å². The predicted octanol–water partition coefficient (Wildman–Crippen LogP) is 5.92. The van der Waals surface area contributed by atoms with E-state index < -0.39 is 0 Å². The number of carbonyl (C=O) groups excluding carboxylic acids is 2. The Morgan fingerprint density at radius 3 is 1.41 bits per heavy atom. The Morgan fingerprint density at radius 2 is 1.06 bits per heavy atom. The molecule has 0 aliphatic heterocycles. The third-order valence-corrected chi connectivity index (χ3v) is 5.15. The van der Waals surface area contributed by atoms with Crippen LogP contribution in [0.3, 0.4) is 0 Å². The molecule has 0 fully saturated rings. The van der Waals surface area contributed by atoms with E-state index in [1.54, 1.807) is 0 Å². The summed E-state index contributed by atoms with van der Waals surface area (Å²) in [6.07, 6.45) is 3.58. The average molecular weight is 471 g/mol. The summed E-state index contributed by atoms with van der Waals surface area (Å²) in [5.74, 6) is 1.13. The Hall–Kier alpha value is -3.02. The van der Waals surface area contributed by atoms with Crippen LogP contribution in [0, 0.1) is 0 Å². The van der Waals surface area contributed by atoms with Crippen LogP contribution in [-0.4, -0.2) is 38.4 Å². The minimum Gasteiger partial charge on any atom is -0.493 e. The van der Waals surface area contributed by atoms with Crippen molar-refractivity contribution in [2.75, 3.05) is 26.4 Å². The lowest BCUT2D eigenvalue weighted by Crippen LogP contribution is -2.06. The molecule has 34 heavy (non-hydrogen) atoms. The van der Waals surface area contributed by atoms with Gasteiger partial charge in [0.25, 0.3) is 0 Å². The molecule has 0 aromatic heterocycles. The summed E-state index contributed by atoms with van der Waals surface area (Å²) in [7, 11) is 0. The van der Waals surface area contributed by atoms with Crippen molar-refractivity contribution in [1.29, 1.82) is 0 Å². The van der Waals surface area contributed by atoms with Crippen molar-refractivity contribution < 1.29 is 28.5 Å². The minimum atomic E-state index is -0.205. The average Bonchev–Trinajstić information content (AvgIpc) is 2.84. The van der Waals surface area contributed by atoms with Crippen molar-refractivity contribution in [3.63, 3.8) is 0 Å². The van der Waals surface area contributed by atoms with Crippen LogP contribution in [0.25, 0.3) is 11.1 Å². The standard InChI is InChI=1S/C28H38O6/c1-5-17-33-25-13-9-21(11-15-27(29)31-7-3)19-23(25)24-20-22(12-16-28(30)32-8-4)10-14-26(24)34-18-6-2/h9-10,13-14,19-20H,5-8,11-12,15-18H2,1-4H3. The van der Waals surface area contributed by atoms with E-state index in [9.17, 15) is 9.59 Å². The van der Waals surface area contributed by atoms with Crippen molar-refractivity contribution in [3.8, 4) is 22.6 Å². The third kappa shape index (κ3) is 8.73. The van der Waals surface area contributed by atoms with Gasteiger partial charge in [-0.2, -0.15) is 0 Å². The molecule has 0 bridgehead atoms. The van der Waals surface area contributed by atoms with Gasteiger partial charge in [-0.3, -0.25) is 9.59 Å². The second-order valence-corrected chi connectivity index (χ2v) is 7.97. The highest BCUT2D eigenvalue weighted by molar-refractivity contribution is 5.78. The molecule has 0 spiro atoms. The molecule has 0 saturated carbocycles. The van der Waals surface area contributed by atoms with Gasteiger partial charge >= 0.3 is 11.9 Å². The minimum absolute atomic E-state index is 0.205. The molecule has 6 nitrogen and oxygen atoms in total. The maximum Gasteiger partial charge on any atom is 0.306 e. The maximum absolute atomic E-state index is 11.9. The van der Waals surface area contributed by atoms with Crippen molar-refractivity contribution in [3.05, 3.63) is 47.5 Å². The molecule has 186 valence electrons. The maximum atomic E-state index is 11.9. The lowest BCUT2D eigenvalue weighted by molar-refractivity contribution is -0.144. The van der Waals surface area contributed by atoms with Gasteiger partial charge in [-0.25, -0.2) is 0 Å². The van der Waals surface area contributed by atoms with Crippen molar-refractivity contribution in [2.24, 2.45) is 0 Å². The molecule has 0 heterocycles. The second-order valence-electron chi connectivity index (χ2n) is 7.97. The Kier molecular flexibility index (Phi) is 12.0. The topological polar surface area (TPSA) is 71.1 Å². The van der Waals surface area contributed by atoms with Gasteiger partial charge in [-0.1, -0.05) is 26.0 Å². The zero-order valence-electron chi connectivity index (χ0n) is 21.0. The van der Waals surface area contributed by atoms with E-state index in [0.717, 1.165) is 46.6 Å². The van der Waals surface area contributed by atoms with Gasteiger partial charge in [0.15, 0.2) is 0 Å². The quantitative estimate of drug-likeness (QED) is 0.301. The van der Waals surface area contributed by atoms with E-state index in [2.05, 4.69) is 26.0 Å². The number of aryl methyl sites for hydroxylation is 2. The predicted molar refractivity (Wildman–Crippen MR) is 133 cm³/mol. The van der Waals surface area contributed by atoms with Crippen LogP contribution in [-0.2, 0) is 31.9 Å². The van der Waals surface area contributed by atoms with Crippen LogP contribution in [0.15, 0.2) is 36.4 Å². The zero-order chi connectivity index (χ0) is 24.8. The summed E-state index contributed by atoms with van der Waals surface area (Å²) in [6.45, 7) is 9.71. The SMILES string of the molecule is CCCOc1ccc(CCC(=O)OCC)cc1-c1cc(CCC(=O)OCC)ccc1OCCC. The largest absolute Gasteiger partial charge is 0.493 e. The molecule has 0 aliphatic rings. The van der Waals surface area contributed by atoms with Gasteiger partial charge in [0, 0.05) is 24.0 Å². The van der Waals surface area contributed by atoms with E-state index in [0.29, 0.717) is 52.1 Å². The highest BCUT2D eigenvalue weighted by Crippen LogP contribution is 2.38. The van der Waals surface area contributed by atoms with E-state index >= 15 is 0 Å². The molecule has 0 unspecified atom stereocenters. The van der Waals surface area contributed by atoms with Gasteiger partial charge in [0.05, 0.1) is 26.4 Å². The summed E-state index contributed by atoms with van der Waals surface area (Å²) < 4.78 is 22.3. The lowest BCUT2D eigenvalue weighted by Gasteiger charge is -2.18. The molecule has 0 saturated heterocycles. The third-order valence-electron chi connectivity index (χ3n) is 5.15. The summed E-state index contributed by atoms with van der Waals surface area (Å²) in [5, 5.41) is 0. The van der Waals surface area contributed by atoms with Crippen molar-refractivity contribution in [2.45, 2.75) is 66.2 Å². The Morgan fingerprint density at radius 1 is 0.647 bits per heavy atom. The fourth-order valence-electron chi connectivity index (χ4n) is 3.52. The van der Waals surface area contributed by atoms with E-state index in [1.165, 1.54) is 0 Å². The highest BCUT2D eigenvalue weighted by atomic mass is 16.5. The Labute approximate surface area is 203 Å². The molecule has 2 rings (SSSR count). The number of rotatable bonds is 15. The Bertz CT molecular complexity index is 846. The molecule has 0 N–H and O–H groups in total. The van der Waals surface area contributed by atoms with Crippen LogP contribution < -0.4 is 9.47 Å². The van der Waals surface area contributed by atoms with Gasteiger partial charge < -0.3 is 18.9 Å². The zero-order valence-corrected chi connectivity index (χ0v) is 21.0. The van der Waals surface area contributed by atoms with Gasteiger partial charge in [-0.15, -0.1) is 0 Å². The molecule has 2 aromatic carbocycles. The van der Waals surface area contributed by atoms with Gasteiger partial charge in [0.1, 0.15) is 11.5 Å². The first-order chi connectivity index (χ1) is 16.5. The number of ether oxygens (including phenoxy) is 4. The number of esters is 2. The molecule has 6 heteroatoms. The van der Waals surface area contributed by atoms with Gasteiger partial charge in [0.2, 0.25) is 0 Å². The molecule has 2 aromatic rings. The first-order valence-electron chi connectivity index (χ1n) is 12.3. The summed E-state index contributed by atoms with van der Waals surface area (Å²) >= 11 is 0. The first-order valence-corrected chi connectivity index (χ1v) is 12.3. The summed E-state index contributed by atoms with van der Waals surface area (Å²) in [4.78, 5) is 23.7. The van der Waals surface area contributed by atoms with E-state index in [1.807, 2.05) is 38.1 Å². The van der Waals surface area contributed by atoms with Gasteiger partial charge in [-0.05, 0) is 74.9 Å². The summed E-state index contributed by atoms with van der Waals surface area (Å²) in [6, 6.07) is 12.0. The van der Waals surface area contributed by atoms with Crippen molar-refractivity contribution in [1.82, 2.24) is 0 Å². The molecular weight excluding hydrogens is 432 g/mol. The molecule has 0 radical (unpaired) electrons. The van der Waals surface area contributed by atoms with E-state index in [4.69, 9.17) is 18.9 Å². The number of benzene rings is 2. The van der Waals surface area contributed by atoms with Crippen LogP contribution in [0.5, 0.6) is 11.5 Å². The van der Waals surface area contributed by atoms with Crippen molar-refractivity contribution >= 4 is 11.9 Å². The highest BCUT2D eigenvalue weighted by Gasteiger charge is 2.16. The van der Waals surface area contributed by atoms with Crippen LogP contribution in [0.2, 0.25) is 0 Å². The molecule has 0 atom stereocenters. The number of hydrogen-bond acceptors (Lipinski definition) is 6. The first kappa shape index (κ1) is 27.2. The Balaban J connectivity index is 2.42. The second kappa shape index (κ2) is 15.0. The molecular formula is C28H38O6. The smallest absolute Gasteiger partial charge is 0.306 e. The molecule has 0 amide bonds. The van der Waals surface area contributed by atoms with Crippen LogP contribution in [0.1, 0.15) is 64.5 Å². The van der Waals surface area contributed by atoms with E-state index in [-0.39, 0.29) is 11.9 Å². The molecule has 0 aliphatic carbocycles. The number of hydrogen-bond donors (Lipinski definition) is 0. The monoisotopic (exact) mass is 470 g/mol. The van der Waals surface area contributed by atoms with Crippen LogP contribution in [0.4, 0.5) is 0 Å². The number of carbonyl (C=O) groups is 2. The fraction of sp³-hybridized carbons (Fsp3) is 0.500. The normalized spacial score (nSPS) is 10.6.